The second-order valence-corrected chi connectivity index (χ2v) is 5.47. The number of thiophene rings is 1. The summed E-state index contributed by atoms with van der Waals surface area (Å²) in [4.78, 5) is 15.3. The summed E-state index contributed by atoms with van der Waals surface area (Å²) >= 11 is 4.82. The fourth-order valence-electron chi connectivity index (χ4n) is 1.53. The van der Waals surface area contributed by atoms with Gasteiger partial charge < -0.3 is 10.4 Å². The molecule has 2 N–H and O–H groups in total. The molecule has 1 atom stereocenters. The van der Waals surface area contributed by atoms with Crippen molar-refractivity contribution in [2.24, 2.45) is 0 Å². The Morgan fingerprint density at radius 1 is 1.61 bits per heavy atom. The van der Waals surface area contributed by atoms with E-state index in [9.17, 15) is 4.79 Å². The lowest BCUT2D eigenvalue weighted by atomic mass is 10.1. The smallest absolute Gasteiger partial charge is 0.339 e. The molecular weight excluding hydrogens is 316 g/mol. The Morgan fingerprint density at radius 2 is 2.39 bits per heavy atom. The first-order valence-electron chi connectivity index (χ1n) is 5.25. The van der Waals surface area contributed by atoms with Crippen LogP contribution in [0.5, 0.6) is 0 Å². The average Bonchev–Trinajstić information content (AvgIpc) is 2.84. The molecule has 0 spiro atoms. The van der Waals surface area contributed by atoms with Crippen molar-refractivity contribution in [2.75, 3.05) is 5.32 Å². The van der Waals surface area contributed by atoms with Crippen molar-refractivity contribution >= 4 is 39.1 Å². The van der Waals surface area contributed by atoms with Crippen molar-refractivity contribution < 1.29 is 9.90 Å². The molecule has 6 heteroatoms. The third-order valence-electron chi connectivity index (χ3n) is 2.48. The molecule has 2 aromatic rings. The summed E-state index contributed by atoms with van der Waals surface area (Å²) in [5.41, 5.74) is 1.27. The maximum absolute atomic E-state index is 11.1. The molecule has 0 radical (unpaired) electrons. The Kier molecular flexibility index (Phi) is 3.98. The van der Waals surface area contributed by atoms with Crippen LogP contribution in [0, 0.1) is 0 Å². The Bertz CT molecular complexity index is 557. The van der Waals surface area contributed by atoms with Crippen LogP contribution in [0.25, 0.3) is 0 Å². The second kappa shape index (κ2) is 5.49. The van der Waals surface area contributed by atoms with E-state index in [0.29, 0.717) is 10.3 Å². The lowest BCUT2D eigenvalue weighted by Crippen LogP contribution is -2.11. The van der Waals surface area contributed by atoms with E-state index in [0.717, 1.165) is 5.56 Å². The van der Waals surface area contributed by atoms with E-state index in [1.807, 2.05) is 23.8 Å². The number of halogens is 1. The molecule has 0 bridgehead atoms. The van der Waals surface area contributed by atoms with Gasteiger partial charge in [-0.15, -0.1) is 0 Å². The predicted octanol–water partition coefficient (Wildman–Crippen LogP) is 3.78. The summed E-state index contributed by atoms with van der Waals surface area (Å²) in [7, 11) is 0. The van der Waals surface area contributed by atoms with Gasteiger partial charge in [-0.1, -0.05) is 0 Å². The minimum absolute atomic E-state index is 0.0167. The van der Waals surface area contributed by atoms with E-state index in [1.54, 1.807) is 17.5 Å². The Labute approximate surface area is 117 Å². The molecule has 0 fully saturated rings. The van der Waals surface area contributed by atoms with Crippen LogP contribution in [0.2, 0.25) is 0 Å². The first-order chi connectivity index (χ1) is 8.58. The van der Waals surface area contributed by atoms with E-state index in [1.165, 1.54) is 6.07 Å². The number of nitrogens with zero attached hydrogens (tertiary/aromatic N) is 1. The van der Waals surface area contributed by atoms with Crippen molar-refractivity contribution in [1.29, 1.82) is 0 Å². The number of carbonyl (C=O) groups is 1. The molecule has 0 aliphatic carbocycles. The van der Waals surface area contributed by atoms with Crippen molar-refractivity contribution in [3.05, 3.63) is 44.7 Å². The van der Waals surface area contributed by atoms with E-state index >= 15 is 0 Å². The number of aromatic nitrogens is 1. The summed E-state index contributed by atoms with van der Waals surface area (Å²) in [6.45, 7) is 1.97. The molecule has 0 saturated heterocycles. The van der Waals surface area contributed by atoms with Crippen LogP contribution in [0.3, 0.4) is 0 Å². The summed E-state index contributed by atoms with van der Waals surface area (Å²) in [5.74, 6) is -0.617. The average molecular weight is 327 g/mol. The molecule has 0 aliphatic rings. The van der Waals surface area contributed by atoms with Crippen LogP contribution in [0.1, 0.15) is 28.9 Å². The molecule has 94 valence electrons. The highest BCUT2D eigenvalue weighted by Crippen LogP contribution is 2.24. The number of nitrogens with one attached hydrogen (secondary N) is 1. The molecule has 18 heavy (non-hydrogen) atoms. The molecule has 0 saturated carbocycles. The zero-order valence-electron chi connectivity index (χ0n) is 9.55. The van der Waals surface area contributed by atoms with Crippen LogP contribution in [-0.4, -0.2) is 16.1 Å². The molecule has 4 nitrogen and oxygen atoms in total. The predicted molar refractivity (Wildman–Crippen MR) is 75.3 cm³/mol. The molecule has 0 aromatic carbocycles. The summed E-state index contributed by atoms with van der Waals surface area (Å²) in [6.07, 6.45) is 1.58. The fourth-order valence-corrected chi connectivity index (χ4v) is 2.61. The topological polar surface area (TPSA) is 62.2 Å². The summed E-state index contributed by atoms with van der Waals surface area (Å²) < 4.78 is 0.647. The van der Waals surface area contributed by atoms with E-state index < -0.39 is 5.97 Å². The van der Waals surface area contributed by atoms with Gasteiger partial charge in [-0.3, -0.25) is 0 Å². The van der Waals surface area contributed by atoms with E-state index in [2.05, 4.69) is 26.2 Å². The van der Waals surface area contributed by atoms with Crippen LogP contribution >= 0.6 is 27.3 Å². The Hall–Kier alpha value is -1.40. The first kappa shape index (κ1) is 13.0. The summed E-state index contributed by atoms with van der Waals surface area (Å²) in [5, 5.41) is 16.3. The van der Waals surface area contributed by atoms with Gasteiger partial charge in [0.05, 0.1) is 6.04 Å². The Morgan fingerprint density at radius 3 is 3.00 bits per heavy atom. The monoisotopic (exact) mass is 326 g/mol. The quantitative estimate of drug-likeness (QED) is 0.897. The third-order valence-corrected chi connectivity index (χ3v) is 3.62. The maximum atomic E-state index is 11.1. The molecule has 1 unspecified atom stereocenters. The maximum Gasteiger partial charge on any atom is 0.339 e. The van der Waals surface area contributed by atoms with Crippen molar-refractivity contribution in [3.63, 3.8) is 0 Å². The number of carboxylic acids is 1. The van der Waals surface area contributed by atoms with Gasteiger partial charge in [0.2, 0.25) is 0 Å². The SMILES string of the molecule is CC(Nc1ncc(Br)cc1C(=O)O)c1ccsc1. The van der Waals surface area contributed by atoms with Crippen LogP contribution in [0.4, 0.5) is 5.82 Å². The van der Waals surface area contributed by atoms with Gasteiger partial charge in [0.25, 0.3) is 0 Å². The normalized spacial score (nSPS) is 12.1. The van der Waals surface area contributed by atoms with Gasteiger partial charge in [0, 0.05) is 10.7 Å². The molecule has 0 aliphatic heterocycles. The Balaban J connectivity index is 2.26. The minimum Gasteiger partial charge on any atom is -0.478 e. The second-order valence-electron chi connectivity index (χ2n) is 3.78. The zero-order chi connectivity index (χ0) is 13.1. The molecule has 2 aromatic heterocycles. The van der Waals surface area contributed by atoms with E-state index in [4.69, 9.17) is 5.11 Å². The van der Waals surface area contributed by atoms with Crippen LogP contribution in [-0.2, 0) is 0 Å². The first-order valence-corrected chi connectivity index (χ1v) is 6.99. The standard InChI is InChI=1S/C12H11BrN2O2S/c1-7(8-2-3-18-6-8)15-11-10(12(16)17)4-9(13)5-14-11/h2-7H,1H3,(H,14,15)(H,16,17). The minimum atomic E-state index is -0.996. The van der Waals surface area contributed by atoms with Gasteiger partial charge in [0.1, 0.15) is 11.4 Å². The van der Waals surface area contributed by atoms with Crippen molar-refractivity contribution in [2.45, 2.75) is 13.0 Å². The summed E-state index contributed by atoms with van der Waals surface area (Å²) in [6, 6.07) is 3.56. The molecule has 2 rings (SSSR count). The molecule has 2 heterocycles. The van der Waals surface area contributed by atoms with Gasteiger partial charge in [-0.2, -0.15) is 11.3 Å². The van der Waals surface area contributed by atoms with Gasteiger partial charge >= 0.3 is 5.97 Å². The number of rotatable bonds is 4. The van der Waals surface area contributed by atoms with Crippen molar-refractivity contribution in [3.8, 4) is 0 Å². The van der Waals surface area contributed by atoms with Gasteiger partial charge in [0.15, 0.2) is 0 Å². The largest absolute Gasteiger partial charge is 0.478 e. The zero-order valence-corrected chi connectivity index (χ0v) is 12.0. The third kappa shape index (κ3) is 2.88. The molecule has 0 amide bonds. The van der Waals surface area contributed by atoms with Gasteiger partial charge in [-0.05, 0) is 51.3 Å². The molecular formula is C12H11BrN2O2S. The number of carboxylic acid groups (broad SMARTS) is 1. The number of hydrogen-bond acceptors (Lipinski definition) is 4. The van der Waals surface area contributed by atoms with Crippen LogP contribution in [0.15, 0.2) is 33.6 Å². The number of aromatic carboxylic acids is 1. The van der Waals surface area contributed by atoms with E-state index in [-0.39, 0.29) is 11.6 Å². The highest BCUT2D eigenvalue weighted by molar-refractivity contribution is 9.10. The fraction of sp³-hybridized carbons (Fsp3) is 0.167. The van der Waals surface area contributed by atoms with Gasteiger partial charge in [-0.25, -0.2) is 9.78 Å². The van der Waals surface area contributed by atoms with Crippen LogP contribution < -0.4 is 5.32 Å². The van der Waals surface area contributed by atoms with Crippen molar-refractivity contribution in [1.82, 2.24) is 4.98 Å². The number of anilines is 1. The number of pyridine rings is 1. The number of hydrogen-bond donors (Lipinski definition) is 2. The highest BCUT2D eigenvalue weighted by Gasteiger charge is 2.15. The lowest BCUT2D eigenvalue weighted by Gasteiger charge is -2.15. The highest BCUT2D eigenvalue weighted by atomic mass is 79.9. The lowest BCUT2D eigenvalue weighted by molar-refractivity contribution is 0.0697.